The van der Waals surface area contributed by atoms with Crippen molar-refractivity contribution in [3.05, 3.63) is 29.3 Å². The van der Waals surface area contributed by atoms with Crippen LogP contribution in [0.2, 0.25) is 5.02 Å². The highest BCUT2D eigenvalue weighted by Crippen LogP contribution is 2.18. The lowest BCUT2D eigenvalue weighted by atomic mass is 10.1. The molecule has 0 saturated heterocycles. The summed E-state index contributed by atoms with van der Waals surface area (Å²) < 4.78 is 10.4. The third kappa shape index (κ3) is 11.6. The van der Waals surface area contributed by atoms with Gasteiger partial charge in [-0.15, -0.1) is 0 Å². The van der Waals surface area contributed by atoms with Gasteiger partial charge in [-0.05, 0) is 37.5 Å². The first kappa shape index (κ1) is 21.5. The number of unbranched alkanes of at least 4 members (excludes halogenated alkanes) is 6. The highest BCUT2D eigenvalue weighted by Gasteiger charge is 2.06. The van der Waals surface area contributed by atoms with Crippen molar-refractivity contribution in [1.29, 1.82) is 0 Å². The molecule has 0 spiro atoms. The van der Waals surface area contributed by atoms with Gasteiger partial charge in [-0.1, -0.05) is 56.7 Å². The summed E-state index contributed by atoms with van der Waals surface area (Å²) in [6.07, 6.45) is 8.72. The maximum Gasteiger partial charge on any atom is 0.311 e. The summed E-state index contributed by atoms with van der Waals surface area (Å²) in [4.78, 5) is 23.3. The summed E-state index contributed by atoms with van der Waals surface area (Å²) in [5.41, 5.74) is 0. The van der Waals surface area contributed by atoms with Gasteiger partial charge in [0, 0.05) is 17.9 Å². The number of hydrogen-bond acceptors (Lipinski definition) is 4. The average Bonchev–Trinajstić information content (AvgIpc) is 2.57. The van der Waals surface area contributed by atoms with Crippen LogP contribution in [0.1, 0.15) is 71.1 Å². The van der Waals surface area contributed by atoms with Gasteiger partial charge in [-0.2, -0.15) is 0 Å². The standard InChI is InChI=1S/C20H29ClO4/c1-2-3-4-5-9-15-24-19(22)13-7-6-8-14-20(23)25-18-12-10-11-17(21)16-18/h10-12,16H,2-9,13-15H2,1H3. The zero-order valence-electron chi connectivity index (χ0n) is 15.1. The number of carbonyl (C=O) groups is 2. The second kappa shape index (κ2) is 13.7. The molecule has 1 aromatic rings. The summed E-state index contributed by atoms with van der Waals surface area (Å²) >= 11 is 5.84. The van der Waals surface area contributed by atoms with Crippen molar-refractivity contribution < 1.29 is 19.1 Å². The van der Waals surface area contributed by atoms with Gasteiger partial charge in [0.05, 0.1) is 6.61 Å². The van der Waals surface area contributed by atoms with E-state index in [4.69, 9.17) is 21.1 Å². The monoisotopic (exact) mass is 368 g/mol. The van der Waals surface area contributed by atoms with Crippen molar-refractivity contribution in [3.63, 3.8) is 0 Å². The third-order valence-electron chi connectivity index (χ3n) is 3.80. The fourth-order valence-electron chi connectivity index (χ4n) is 2.39. The first-order valence-corrected chi connectivity index (χ1v) is 9.61. The van der Waals surface area contributed by atoms with E-state index in [9.17, 15) is 9.59 Å². The Kier molecular flexibility index (Phi) is 11.8. The molecule has 0 radical (unpaired) electrons. The van der Waals surface area contributed by atoms with Crippen LogP contribution in [0.15, 0.2) is 24.3 Å². The van der Waals surface area contributed by atoms with Crippen molar-refractivity contribution in [1.82, 2.24) is 0 Å². The van der Waals surface area contributed by atoms with Crippen LogP contribution >= 0.6 is 11.6 Å². The Morgan fingerprint density at radius 3 is 2.32 bits per heavy atom. The number of esters is 2. The average molecular weight is 369 g/mol. The van der Waals surface area contributed by atoms with E-state index in [0.717, 1.165) is 25.7 Å². The Bertz CT molecular complexity index is 516. The first-order valence-electron chi connectivity index (χ1n) is 9.23. The highest BCUT2D eigenvalue weighted by molar-refractivity contribution is 6.30. The molecule has 4 nitrogen and oxygen atoms in total. The Balaban J connectivity index is 1.98. The van der Waals surface area contributed by atoms with Gasteiger partial charge in [0.15, 0.2) is 0 Å². The fourth-order valence-corrected chi connectivity index (χ4v) is 2.57. The highest BCUT2D eigenvalue weighted by atomic mass is 35.5. The fraction of sp³-hybridized carbons (Fsp3) is 0.600. The smallest absolute Gasteiger partial charge is 0.311 e. The molecule has 0 aromatic heterocycles. The molecule has 0 atom stereocenters. The van der Waals surface area contributed by atoms with Crippen LogP contribution < -0.4 is 4.74 Å². The van der Waals surface area contributed by atoms with Gasteiger partial charge in [-0.3, -0.25) is 9.59 Å². The molecule has 0 fully saturated rings. The summed E-state index contributed by atoms with van der Waals surface area (Å²) in [5, 5.41) is 0.536. The van der Waals surface area contributed by atoms with Gasteiger partial charge >= 0.3 is 11.9 Å². The zero-order valence-corrected chi connectivity index (χ0v) is 15.9. The quantitative estimate of drug-likeness (QED) is 0.254. The Morgan fingerprint density at radius 2 is 1.60 bits per heavy atom. The molecule has 25 heavy (non-hydrogen) atoms. The third-order valence-corrected chi connectivity index (χ3v) is 4.04. The molecule has 1 rings (SSSR count). The predicted octanol–water partition coefficient (Wildman–Crippen LogP) is 5.71. The lowest BCUT2D eigenvalue weighted by molar-refractivity contribution is -0.143. The van der Waals surface area contributed by atoms with Gasteiger partial charge in [-0.25, -0.2) is 0 Å². The van der Waals surface area contributed by atoms with Gasteiger partial charge in [0.25, 0.3) is 0 Å². The molecule has 0 saturated carbocycles. The lowest BCUT2D eigenvalue weighted by Gasteiger charge is -2.06. The van der Waals surface area contributed by atoms with E-state index in [-0.39, 0.29) is 11.9 Å². The summed E-state index contributed by atoms with van der Waals surface area (Å²) in [5.74, 6) is 0.0360. The van der Waals surface area contributed by atoms with Crippen molar-refractivity contribution in [2.75, 3.05) is 6.61 Å². The molecule has 140 valence electrons. The summed E-state index contributed by atoms with van der Waals surface area (Å²) in [6, 6.07) is 6.77. The van der Waals surface area contributed by atoms with Crippen molar-refractivity contribution in [3.8, 4) is 5.75 Å². The van der Waals surface area contributed by atoms with E-state index in [1.807, 2.05) is 0 Å². The van der Waals surface area contributed by atoms with E-state index in [1.165, 1.54) is 19.3 Å². The molecule has 0 N–H and O–H groups in total. The van der Waals surface area contributed by atoms with Gasteiger partial charge in [0.1, 0.15) is 5.75 Å². The van der Waals surface area contributed by atoms with E-state index in [2.05, 4.69) is 6.92 Å². The number of benzene rings is 1. The van der Waals surface area contributed by atoms with E-state index in [1.54, 1.807) is 24.3 Å². The number of ether oxygens (including phenoxy) is 2. The maximum absolute atomic E-state index is 11.7. The first-order chi connectivity index (χ1) is 12.1. The molecule has 0 unspecified atom stereocenters. The Hall–Kier alpha value is -1.55. The largest absolute Gasteiger partial charge is 0.466 e. The van der Waals surface area contributed by atoms with Crippen LogP contribution in [0, 0.1) is 0 Å². The summed E-state index contributed by atoms with van der Waals surface area (Å²) in [7, 11) is 0. The molecule has 0 aliphatic carbocycles. The molecule has 5 heteroatoms. The molecule has 0 amide bonds. The van der Waals surface area contributed by atoms with Crippen LogP contribution in [0.5, 0.6) is 5.75 Å². The number of hydrogen-bond donors (Lipinski definition) is 0. The zero-order chi connectivity index (χ0) is 18.3. The van der Waals surface area contributed by atoms with Crippen molar-refractivity contribution >= 4 is 23.5 Å². The van der Waals surface area contributed by atoms with Crippen molar-refractivity contribution in [2.24, 2.45) is 0 Å². The Labute approximate surface area is 155 Å². The SMILES string of the molecule is CCCCCCCOC(=O)CCCCCC(=O)Oc1cccc(Cl)c1. The van der Waals surface area contributed by atoms with Gasteiger partial charge < -0.3 is 9.47 Å². The number of carbonyl (C=O) groups excluding carboxylic acids is 2. The van der Waals surface area contributed by atoms with Crippen LogP contribution in [-0.2, 0) is 14.3 Å². The van der Waals surface area contributed by atoms with Crippen LogP contribution in [0.3, 0.4) is 0 Å². The minimum atomic E-state index is -0.281. The molecular formula is C20H29ClO4. The lowest BCUT2D eigenvalue weighted by Crippen LogP contribution is -2.08. The maximum atomic E-state index is 11.7. The molecule has 1 aromatic carbocycles. The van der Waals surface area contributed by atoms with Crippen LogP contribution in [0.4, 0.5) is 0 Å². The second-order valence-corrected chi connectivity index (χ2v) is 6.56. The van der Waals surface area contributed by atoms with Gasteiger partial charge in [0.2, 0.25) is 0 Å². The molecule has 0 aliphatic rings. The topological polar surface area (TPSA) is 52.6 Å². The predicted molar refractivity (Wildman–Crippen MR) is 99.9 cm³/mol. The molecule has 0 bridgehead atoms. The normalized spacial score (nSPS) is 10.5. The molecular weight excluding hydrogens is 340 g/mol. The van der Waals surface area contributed by atoms with Crippen molar-refractivity contribution in [2.45, 2.75) is 71.1 Å². The van der Waals surface area contributed by atoms with E-state index < -0.39 is 0 Å². The van der Waals surface area contributed by atoms with E-state index in [0.29, 0.717) is 36.6 Å². The van der Waals surface area contributed by atoms with Crippen LogP contribution in [0.25, 0.3) is 0 Å². The minimum Gasteiger partial charge on any atom is -0.466 e. The second-order valence-electron chi connectivity index (χ2n) is 6.13. The van der Waals surface area contributed by atoms with E-state index >= 15 is 0 Å². The summed E-state index contributed by atoms with van der Waals surface area (Å²) in [6.45, 7) is 2.70. The van der Waals surface area contributed by atoms with Crippen LogP contribution in [-0.4, -0.2) is 18.5 Å². The Morgan fingerprint density at radius 1 is 0.920 bits per heavy atom. The molecule has 0 aliphatic heterocycles. The number of halogens is 1. The minimum absolute atomic E-state index is 0.142. The number of rotatable bonds is 13. The molecule has 0 heterocycles.